The van der Waals surface area contributed by atoms with E-state index in [2.05, 4.69) is 20.0 Å². The van der Waals surface area contributed by atoms with Crippen LogP contribution in [0.25, 0.3) is 0 Å². The normalized spacial score (nSPS) is 22.4. The van der Waals surface area contributed by atoms with E-state index >= 15 is 0 Å². The molecule has 1 aromatic rings. The Morgan fingerprint density at radius 2 is 2.25 bits per heavy atom. The van der Waals surface area contributed by atoms with Gasteiger partial charge in [-0.15, -0.1) is 0 Å². The Morgan fingerprint density at radius 1 is 1.50 bits per heavy atom. The van der Waals surface area contributed by atoms with E-state index < -0.39 is 0 Å². The van der Waals surface area contributed by atoms with Gasteiger partial charge < -0.3 is 15.6 Å². The number of hydrogen-bond acceptors (Lipinski definition) is 5. The highest BCUT2D eigenvalue weighted by molar-refractivity contribution is 5.03. The number of nitrogens with zero attached hydrogens (tertiary/aromatic N) is 2. The van der Waals surface area contributed by atoms with Crippen molar-refractivity contribution in [2.45, 2.75) is 18.4 Å². The van der Waals surface area contributed by atoms with Crippen LogP contribution >= 0.6 is 0 Å². The van der Waals surface area contributed by atoms with Crippen molar-refractivity contribution < 1.29 is 4.52 Å². The lowest BCUT2D eigenvalue weighted by molar-refractivity contribution is 0.287. The minimum atomic E-state index is -0.377. The third-order valence-corrected chi connectivity index (χ3v) is 2.30. The van der Waals surface area contributed by atoms with Gasteiger partial charge in [0.1, 0.15) is 0 Å². The van der Waals surface area contributed by atoms with Crippen LogP contribution in [0, 0.1) is 0 Å². The van der Waals surface area contributed by atoms with Gasteiger partial charge in [0.05, 0.1) is 5.54 Å². The second kappa shape index (κ2) is 2.84. The Bertz CT molecular complexity index is 240. The van der Waals surface area contributed by atoms with Crippen LogP contribution in [-0.4, -0.2) is 23.2 Å². The molecule has 0 radical (unpaired) electrons. The van der Waals surface area contributed by atoms with Crippen LogP contribution in [0.15, 0.2) is 10.9 Å². The minimum Gasteiger partial charge on any atom is -0.343 e. The average molecular weight is 168 g/mol. The van der Waals surface area contributed by atoms with E-state index in [0.717, 1.165) is 25.9 Å². The summed E-state index contributed by atoms with van der Waals surface area (Å²) in [6, 6.07) is 0. The van der Waals surface area contributed by atoms with E-state index in [1.807, 2.05) is 0 Å². The third-order valence-electron chi connectivity index (χ3n) is 2.30. The van der Waals surface area contributed by atoms with Gasteiger partial charge >= 0.3 is 0 Å². The zero-order valence-corrected chi connectivity index (χ0v) is 6.79. The summed E-state index contributed by atoms with van der Waals surface area (Å²) >= 11 is 0. The molecule has 3 N–H and O–H groups in total. The fourth-order valence-corrected chi connectivity index (χ4v) is 1.49. The summed E-state index contributed by atoms with van der Waals surface area (Å²) < 4.78 is 4.67. The second-order valence-electron chi connectivity index (χ2n) is 3.16. The van der Waals surface area contributed by atoms with Crippen molar-refractivity contribution in [2.24, 2.45) is 5.73 Å². The first-order valence-corrected chi connectivity index (χ1v) is 4.08. The summed E-state index contributed by atoms with van der Waals surface area (Å²) in [7, 11) is 0. The molecule has 2 heterocycles. The lowest BCUT2D eigenvalue weighted by Crippen LogP contribution is -2.47. The highest BCUT2D eigenvalue weighted by Gasteiger charge is 2.33. The predicted octanol–water partition coefficient (Wildman–Crippen LogP) is -0.393. The highest BCUT2D eigenvalue weighted by atomic mass is 16.5. The molecule has 1 fully saturated rings. The summed E-state index contributed by atoms with van der Waals surface area (Å²) in [5.41, 5.74) is 5.72. The molecule has 0 atom stereocenters. The molecule has 0 aliphatic carbocycles. The van der Waals surface area contributed by atoms with Gasteiger partial charge in [-0.05, 0) is 25.9 Å². The molecule has 1 saturated heterocycles. The molecule has 0 saturated carbocycles. The number of nitrogens with one attached hydrogen (secondary N) is 1. The Hall–Kier alpha value is -0.940. The summed E-state index contributed by atoms with van der Waals surface area (Å²) in [6.07, 6.45) is 3.06. The molecular formula is C7H12N4O. The molecule has 2 rings (SSSR count). The average Bonchev–Trinajstić information content (AvgIpc) is 2.58. The van der Waals surface area contributed by atoms with Crippen LogP contribution in [-0.2, 0) is 5.54 Å². The summed E-state index contributed by atoms with van der Waals surface area (Å²) in [5, 5.41) is 7.01. The van der Waals surface area contributed by atoms with Crippen LogP contribution < -0.4 is 11.1 Å². The minimum absolute atomic E-state index is 0.377. The molecule has 0 bridgehead atoms. The molecule has 1 aliphatic rings. The number of piperidine rings is 1. The number of nitrogens with two attached hydrogens (primary N) is 1. The van der Waals surface area contributed by atoms with Gasteiger partial charge in [-0.3, -0.25) is 0 Å². The maximum absolute atomic E-state index is 6.10. The van der Waals surface area contributed by atoms with Crippen molar-refractivity contribution in [3.8, 4) is 0 Å². The Morgan fingerprint density at radius 3 is 2.83 bits per heavy atom. The first-order chi connectivity index (χ1) is 5.81. The molecular weight excluding hydrogens is 156 g/mol. The van der Waals surface area contributed by atoms with Crippen LogP contribution in [0.2, 0.25) is 0 Å². The maximum atomic E-state index is 6.10. The van der Waals surface area contributed by atoms with Crippen LogP contribution in [0.4, 0.5) is 0 Å². The second-order valence-corrected chi connectivity index (χ2v) is 3.16. The number of aromatic nitrogens is 2. The fraction of sp³-hybridized carbons (Fsp3) is 0.714. The zero-order valence-electron chi connectivity index (χ0n) is 6.79. The first-order valence-electron chi connectivity index (χ1n) is 4.08. The zero-order chi connectivity index (χ0) is 8.44. The molecule has 0 amide bonds. The number of hydrogen-bond donors (Lipinski definition) is 2. The van der Waals surface area contributed by atoms with E-state index in [4.69, 9.17) is 5.73 Å². The fourth-order valence-electron chi connectivity index (χ4n) is 1.49. The van der Waals surface area contributed by atoms with Crippen molar-refractivity contribution in [2.75, 3.05) is 13.1 Å². The number of rotatable bonds is 1. The van der Waals surface area contributed by atoms with Gasteiger partial charge in [0.2, 0.25) is 6.39 Å². The molecule has 5 heteroatoms. The third kappa shape index (κ3) is 1.21. The van der Waals surface area contributed by atoms with Gasteiger partial charge in [-0.2, -0.15) is 4.98 Å². The standard InChI is InChI=1S/C7H12N4O/c8-7(1-3-9-4-2-7)6-10-5-12-11-6/h5,9H,1-4,8H2. The van der Waals surface area contributed by atoms with Crippen molar-refractivity contribution in [3.63, 3.8) is 0 Å². The van der Waals surface area contributed by atoms with Crippen molar-refractivity contribution in [3.05, 3.63) is 12.2 Å². The topological polar surface area (TPSA) is 77.0 Å². The van der Waals surface area contributed by atoms with Crippen molar-refractivity contribution in [1.82, 2.24) is 15.5 Å². The lowest BCUT2D eigenvalue weighted by atomic mass is 9.89. The van der Waals surface area contributed by atoms with Crippen LogP contribution in [0.3, 0.4) is 0 Å². The SMILES string of the molecule is NC1(c2ncon2)CCNCC1. The lowest BCUT2D eigenvalue weighted by Gasteiger charge is -2.30. The molecule has 0 unspecified atom stereocenters. The molecule has 1 aliphatic heterocycles. The van der Waals surface area contributed by atoms with E-state index in [9.17, 15) is 0 Å². The van der Waals surface area contributed by atoms with Crippen molar-refractivity contribution >= 4 is 0 Å². The highest BCUT2D eigenvalue weighted by Crippen LogP contribution is 2.24. The van der Waals surface area contributed by atoms with Gasteiger partial charge in [0.25, 0.3) is 0 Å². The molecule has 66 valence electrons. The van der Waals surface area contributed by atoms with Crippen LogP contribution in [0.5, 0.6) is 0 Å². The summed E-state index contributed by atoms with van der Waals surface area (Å²) in [4.78, 5) is 3.98. The first kappa shape index (κ1) is 7.70. The Balaban J connectivity index is 2.19. The quantitative estimate of drug-likeness (QED) is 0.597. The molecule has 12 heavy (non-hydrogen) atoms. The smallest absolute Gasteiger partial charge is 0.213 e. The molecule has 0 aromatic carbocycles. The van der Waals surface area contributed by atoms with E-state index in [1.165, 1.54) is 6.39 Å². The Kier molecular flexibility index (Phi) is 1.82. The van der Waals surface area contributed by atoms with E-state index in [-0.39, 0.29) is 5.54 Å². The molecule has 5 nitrogen and oxygen atoms in total. The van der Waals surface area contributed by atoms with Gasteiger partial charge in [-0.25, -0.2) is 0 Å². The monoisotopic (exact) mass is 168 g/mol. The largest absolute Gasteiger partial charge is 0.343 e. The summed E-state index contributed by atoms with van der Waals surface area (Å²) in [5.74, 6) is 0.629. The summed E-state index contributed by atoms with van der Waals surface area (Å²) in [6.45, 7) is 1.84. The molecule has 0 spiro atoms. The predicted molar refractivity (Wildman–Crippen MR) is 42.3 cm³/mol. The maximum Gasteiger partial charge on any atom is 0.213 e. The van der Waals surface area contributed by atoms with Crippen molar-refractivity contribution in [1.29, 1.82) is 0 Å². The Labute approximate surface area is 70.3 Å². The van der Waals surface area contributed by atoms with Crippen LogP contribution in [0.1, 0.15) is 18.7 Å². The molecule has 1 aromatic heterocycles. The van der Waals surface area contributed by atoms with Gasteiger partial charge in [0.15, 0.2) is 5.82 Å². The van der Waals surface area contributed by atoms with E-state index in [1.54, 1.807) is 0 Å². The van der Waals surface area contributed by atoms with Gasteiger partial charge in [-0.1, -0.05) is 5.16 Å². The van der Waals surface area contributed by atoms with Gasteiger partial charge in [0, 0.05) is 0 Å². The van der Waals surface area contributed by atoms with E-state index in [0.29, 0.717) is 5.82 Å².